The molecular formula is C28H30N2Si. The van der Waals surface area contributed by atoms with Gasteiger partial charge in [-0.2, -0.15) is 0 Å². The number of hydrogen-bond donors (Lipinski definition) is 2. The first kappa shape index (κ1) is 19.9. The van der Waals surface area contributed by atoms with Gasteiger partial charge in [0.25, 0.3) is 0 Å². The number of hydrogen-bond acceptors (Lipinski definition) is 2. The number of nitrogens with two attached hydrogens (primary N) is 1. The monoisotopic (exact) mass is 422 g/mol. The van der Waals surface area contributed by atoms with Crippen molar-refractivity contribution in [3.05, 3.63) is 83.9 Å². The van der Waals surface area contributed by atoms with Crippen LogP contribution in [0, 0.1) is 0 Å². The third-order valence-electron chi connectivity index (χ3n) is 6.73. The van der Waals surface area contributed by atoms with Crippen molar-refractivity contribution >= 4 is 41.1 Å². The molecular weight excluding hydrogens is 392 g/mol. The lowest BCUT2D eigenvalue weighted by molar-refractivity contribution is 0.661. The fraction of sp³-hybridized carbons (Fsp3) is 0.214. The Morgan fingerprint density at radius 2 is 1.45 bits per heavy atom. The molecule has 1 aliphatic rings. The predicted octanol–water partition coefficient (Wildman–Crippen LogP) is 7.02. The zero-order chi connectivity index (χ0) is 22.0. The molecule has 0 aliphatic heterocycles. The zero-order valence-corrected chi connectivity index (χ0v) is 20.0. The van der Waals surface area contributed by atoms with Crippen LogP contribution in [0.1, 0.15) is 25.0 Å². The standard InChI is InChI=1S/C28H30N2Si/c1-28(2)24-16-18(29)10-15-23(24)27-22-9-7-6-8-21(22)26(17-25(27)28)30-19-11-13-20(14-12-19)31(3,4)5/h6-17,30H,29H2,1-5H3. The van der Waals surface area contributed by atoms with Gasteiger partial charge in [0.1, 0.15) is 0 Å². The lowest BCUT2D eigenvalue weighted by Gasteiger charge is -2.23. The molecule has 4 aromatic rings. The van der Waals surface area contributed by atoms with E-state index in [1.54, 1.807) is 0 Å². The van der Waals surface area contributed by atoms with Crippen LogP contribution in [-0.2, 0) is 5.41 Å². The van der Waals surface area contributed by atoms with Gasteiger partial charge in [-0.3, -0.25) is 0 Å². The Hall–Kier alpha value is -3.04. The van der Waals surface area contributed by atoms with E-state index in [-0.39, 0.29) is 5.41 Å². The van der Waals surface area contributed by atoms with Crippen LogP contribution < -0.4 is 16.2 Å². The van der Waals surface area contributed by atoms with Crippen LogP contribution >= 0.6 is 0 Å². The third-order valence-corrected chi connectivity index (χ3v) is 8.80. The molecule has 0 atom stereocenters. The van der Waals surface area contributed by atoms with E-state index in [0.29, 0.717) is 0 Å². The van der Waals surface area contributed by atoms with Gasteiger partial charge in [0.15, 0.2) is 0 Å². The van der Waals surface area contributed by atoms with Gasteiger partial charge in [-0.15, -0.1) is 0 Å². The molecule has 2 nitrogen and oxygen atoms in total. The molecule has 0 spiro atoms. The van der Waals surface area contributed by atoms with Gasteiger partial charge < -0.3 is 11.1 Å². The van der Waals surface area contributed by atoms with Gasteiger partial charge >= 0.3 is 0 Å². The van der Waals surface area contributed by atoms with Crippen molar-refractivity contribution < 1.29 is 0 Å². The summed E-state index contributed by atoms with van der Waals surface area (Å²) in [6.07, 6.45) is 0. The number of rotatable bonds is 3. The Morgan fingerprint density at radius 3 is 2.13 bits per heavy atom. The second-order valence-electron chi connectivity index (χ2n) is 10.3. The Kier molecular flexibility index (Phi) is 4.32. The summed E-state index contributed by atoms with van der Waals surface area (Å²) in [5.74, 6) is 0. The van der Waals surface area contributed by atoms with E-state index in [9.17, 15) is 0 Å². The van der Waals surface area contributed by atoms with E-state index in [4.69, 9.17) is 5.73 Å². The number of nitrogens with one attached hydrogen (secondary N) is 1. The van der Waals surface area contributed by atoms with Gasteiger partial charge in [0, 0.05) is 27.9 Å². The van der Waals surface area contributed by atoms with E-state index in [0.717, 1.165) is 17.1 Å². The van der Waals surface area contributed by atoms with E-state index in [1.807, 2.05) is 6.07 Å². The average molecular weight is 423 g/mol. The van der Waals surface area contributed by atoms with Gasteiger partial charge in [-0.25, -0.2) is 0 Å². The molecule has 156 valence electrons. The van der Waals surface area contributed by atoms with Gasteiger partial charge in [-0.05, 0) is 58.0 Å². The van der Waals surface area contributed by atoms with E-state index >= 15 is 0 Å². The molecule has 0 fully saturated rings. The van der Waals surface area contributed by atoms with Crippen LogP contribution in [-0.4, -0.2) is 8.07 Å². The molecule has 1 aliphatic carbocycles. The Labute approximate surface area is 186 Å². The molecule has 3 heteroatoms. The van der Waals surface area contributed by atoms with Crippen LogP contribution in [0.5, 0.6) is 0 Å². The van der Waals surface area contributed by atoms with E-state index in [1.165, 1.54) is 38.2 Å². The lowest BCUT2D eigenvalue weighted by atomic mass is 9.81. The summed E-state index contributed by atoms with van der Waals surface area (Å²) in [6.45, 7) is 11.8. The molecule has 0 saturated heterocycles. The van der Waals surface area contributed by atoms with Crippen LogP contribution in [0.4, 0.5) is 17.1 Å². The number of anilines is 3. The number of nitrogen functional groups attached to an aromatic ring is 1. The largest absolute Gasteiger partial charge is 0.399 e. The normalized spacial score (nSPS) is 14.4. The Morgan fingerprint density at radius 1 is 0.774 bits per heavy atom. The summed E-state index contributed by atoms with van der Waals surface area (Å²) >= 11 is 0. The molecule has 0 aromatic heterocycles. The quantitative estimate of drug-likeness (QED) is 0.275. The maximum absolute atomic E-state index is 6.16. The predicted molar refractivity (Wildman–Crippen MR) is 139 cm³/mol. The topological polar surface area (TPSA) is 38.0 Å². The first-order valence-electron chi connectivity index (χ1n) is 11.0. The van der Waals surface area contributed by atoms with Crippen molar-refractivity contribution in [1.82, 2.24) is 0 Å². The molecule has 31 heavy (non-hydrogen) atoms. The van der Waals surface area contributed by atoms with E-state index < -0.39 is 8.07 Å². The van der Waals surface area contributed by atoms with Crippen molar-refractivity contribution in [2.75, 3.05) is 11.1 Å². The summed E-state index contributed by atoms with van der Waals surface area (Å²) in [4.78, 5) is 0. The molecule has 4 aromatic carbocycles. The molecule has 0 radical (unpaired) electrons. The molecule has 0 bridgehead atoms. The highest BCUT2D eigenvalue weighted by atomic mass is 28.3. The van der Waals surface area contributed by atoms with Crippen LogP contribution in [0.15, 0.2) is 72.8 Å². The second-order valence-corrected chi connectivity index (χ2v) is 15.4. The first-order valence-corrected chi connectivity index (χ1v) is 14.5. The molecule has 0 heterocycles. The minimum Gasteiger partial charge on any atom is -0.399 e. The summed E-state index contributed by atoms with van der Waals surface area (Å²) in [7, 11) is -1.30. The van der Waals surface area contributed by atoms with Crippen molar-refractivity contribution in [1.29, 1.82) is 0 Å². The molecule has 5 rings (SSSR count). The highest BCUT2D eigenvalue weighted by Gasteiger charge is 2.37. The highest BCUT2D eigenvalue weighted by molar-refractivity contribution is 6.88. The lowest BCUT2D eigenvalue weighted by Crippen LogP contribution is -2.37. The zero-order valence-electron chi connectivity index (χ0n) is 19.0. The van der Waals surface area contributed by atoms with E-state index in [2.05, 4.69) is 106 Å². The fourth-order valence-corrected chi connectivity index (χ4v) is 6.08. The molecule has 0 unspecified atom stereocenters. The van der Waals surface area contributed by atoms with Crippen LogP contribution in [0.2, 0.25) is 19.6 Å². The maximum Gasteiger partial charge on any atom is 0.0775 e. The minimum atomic E-state index is -1.30. The smallest absolute Gasteiger partial charge is 0.0775 e. The first-order chi connectivity index (χ1) is 14.7. The maximum atomic E-state index is 6.16. The molecule has 0 amide bonds. The average Bonchev–Trinajstić information content (AvgIpc) is 2.95. The van der Waals surface area contributed by atoms with Crippen molar-refractivity contribution in [2.45, 2.75) is 38.9 Å². The molecule has 0 saturated carbocycles. The minimum absolute atomic E-state index is 0.0950. The Bertz CT molecular complexity index is 1310. The molecule has 3 N–H and O–H groups in total. The third kappa shape index (κ3) is 3.15. The van der Waals surface area contributed by atoms with Crippen molar-refractivity contribution in [3.8, 4) is 11.1 Å². The van der Waals surface area contributed by atoms with Crippen LogP contribution in [0.3, 0.4) is 0 Å². The number of benzene rings is 4. The second kappa shape index (κ2) is 6.73. The van der Waals surface area contributed by atoms with Gasteiger partial charge in [0.2, 0.25) is 0 Å². The SMILES string of the molecule is CC1(C)c2cc(N)ccc2-c2c1cc(Nc1ccc([Si](C)(C)C)cc1)c1ccccc21. The summed E-state index contributed by atoms with van der Waals surface area (Å²) in [6, 6.07) is 26.4. The van der Waals surface area contributed by atoms with Crippen molar-refractivity contribution in [2.24, 2.45) is 0 Å². The van der Waals surface area contributed by atoms with Gasteiger partial charge in [-0.1, -0.05) is 81.1 Å². The summed E-state index contributed by atoms with van der Waals surface area (Å²) < 4.78 is 0. The van der Waals surface area contributed by atoms with Gasteiger partial charge in [0.05, 0.1) is 8.07 Å². The highest BCUT2D eigenvalue weighted by Crippen LogP contribution is 2.53. The Balaban J connectivity index is 1.68. The van der Waals surface area contributed by atoms with Crippen molar-refractivity contribution in [3.63, 3.8) is 0 Å². The summed E-state index contributed by atoms with van der Waals surface area (Å²) in [5.41, 5.74) is 14.5. The fourth-order valence-electron chi connectivity index (χ4n) is 4.91. The van der Waals surface area contributed by atoms with Crippen LogP contribution in [0.25, 0.3) is 21.9 Å². The number of fused-ring (bicyclic) bond motifs is 5. The summed E-state index contributed by atoms with van der Waals surface area (Å²) in [5, 5.41) is 7.74.